The molecule has 0 aliphatic rings. The molecule has 0 bridgehead atoms. The number of benzene rings is 2. The summed E-state index contributed by atoms with van der Waals surface area (Å²) in [7, 11) is 1.66. The molecular weight excluding hydrogens is 286 g/mol. The van der Waals surface area contributed by atoms with Gasteiger partial charge in [0.25, 0.3) is 0 Å². The van der Waals surface area contributed by atoms with Crippen molar-refractivity contribution < 1.29 is 9.53 Å². The van der Waals surface area contributed by atoms with Crippen LogP contribution in [0.15, 0.2) is 48.5 Å². The van der Waals surface area contributed by atoms with Gasteiger partial charge in [0, 0.05) is 18.7 Å². The van der Waals surface area contributed by atoms with Crippen molar-refractivity contribution in [1.29, 1.82) is 0 Å². The van der Waals surface area contributed by atoms with Crippen LogP contribution in [0.3, 0.4) is 0 Å². The van der Waals surface area contributed by atoms with Crippen LogP contribution < -0.4 is 5.32 Å². The van der Waals surface area contributed by atoms with Gasteiger partial charge >= 0.3 is 0 Å². The highest BCUT2D eigenvalue weighted by atomic mass is 35.5. The van der Waals surface area contributed by atoms with E-state index in [9.17, 15) is 4.79 Å². The van der Waals surface area contributed by atoms with Gasteiger partial charge < -0.3 is 10.1 Å². The second-order valence-corrected chi connectivity index (χ2v) is 5.22. The van der Waals surface area contributed by atoms with Crippen LogP contribution in [0.25, 0.3) is 0 Å². The molecule has 110 valence electrons. The first-order valence-electron chi connectivity index (χ1n) is 6.76. The van der Waals surface area contributed by atoms with Gasteiger partial charge in [-0.1, -0.05) is 48.0 Å². The minimum Gasteiger partial charge on any atom is -0.380 e. The first kappa shape index (κ1) is 15.5. The summed E-state index contributed by atoms with van der Waals surface area (Å²) in [5, 5.41) is 3.61. The quantitative estimate of drug-likeness (QED) is 0.889. The number of ether oxygens (including phenoxy) is 1. The van der Waals surface area contributed by atoms with Crippen LogP contribution in [0.5, 0.6) is 0 Å². The molecule has 0 aliphatic heterocycles. The molecule has 0 aliphatic carbocycles. The molecule has 0 heterocycles. The molecule has 0 unspecified atom stereocenters. The molecule has 0 spiro atoms. The van der Waals surface area contributed by atoms with E-state index < -0.39 is 0 Å². The predicted octanol–water partition coefficient (Wildman–Crippen LogP) is 3.35. The largest absolute Gasteiger partial charge is 0.380 e. The fourth-order valence-electron chi connectivity index (χ4n) is 2.07. The number of hydrogen-bond donors (Lipinski definition) is 1. The van der Waals surface area contributed by atoms with E-state index in [-0.39, 0.29) is 5.91 Å². The zero-order valence-electron chi connectivity index (χ0n) is 11.9. The monoisotopic (exact) mass is 303 g/mol. The number of nitrogens with one attached hydrogen (secondary N) is 1. The van der Waals surface area contributed by atoms with E-state index in [1.54, 1.807) is 19.2 Å². The fraction of sp³-hybridized carbons (Fsp3) is 0.235. The molecule has 0 aromatic heterocycles. The van der Waals surface area contributed by atoms with Gasteiger partial charge in [-0.25, -0.2) is 0 Å². The maximum Gasteiger partial charge on any atom is 0.224 e. The lowest BCUT2D eigenvalue weighted by Crippen LogP contribution is -2.25. The lowest BCUT2D eigenvalue weighted by Gasteiger charge is -2.10. The Morgan fingerprint density at radius 1 is 1.10 bits per heavy atom. The molecule has 0 fully saturated rings. The lowest BCUT2D eigenvalue weighted by atomic mass is 10.1. The average molecular weight is 304 g/mol. The Hall–Kier alpha value is -1.84. The average Bonchev–Trinajstić information content (AvgIpc) is 2.49. The maximum absolute atomic E-state index is 12.0. The number of carbonyl (C=O) groups excluding carboxylic acids is 1. The second kappa shape index (κ2) is 7.81. The Bertz CT molecular complexity index is 596. The van der Waals surface area contributed by atoms with Crippen molar-refractivity contribution in [2.24, 2.45) is 0 Å². The van der Waals surface area contributed by atoms with E-state index in [4.69, 9.17) is 16.3 Å². The zero-order valence-corrected chi connectivity index (χ0v) is 12.7. The lowest BCUT2D eigenvalue weighted by molar-refractivity contribution is -0.120. The topological polar surface area (TPSA) is 38.3 Å². The van der Waals surface area contributed by atoms with Gasteiger partial charge in [-0.2, -0.15) is 0 Å². The van der Waals surface area contributed by atoms with Gasteiger partial charge in [-0.15, -0.1) is 0 Å². The van der Waals surface area contributed by atoms with Gasteiger partial charge in [0.15, 0.2) is 0 Å². The Morgan fingerprint density at radius 3 is 2.43 bits per heavy atom. The summed E-state index contributed by atoms with van der Waals surface area (Å²) in [5.41, 5.74) is 3.11. The first-order valence-corrected chi connectivity index (χ1v) is 7.13. The van der Waals surface area contributed by atoms with E-state index in [2.05, 4.69) is 5.32 Å². The van der Waals surface area contributed by atoms with Crippen LogP contribution in [0, 0.1) is 0 Å². The minimum absolute atomic E-state index is 0.00968. The normalized spacial score (nSPS) is 10.4. The Kier molecular flexibility index (Phi) is 5.78. The summed E-state index contributed by atoms with van der Waals surface area (Å²) >= 11 is 5.82. The zero-order chi connectivity index (χ0) is 15.1. The third kappa shape index (κ3) is 4.88. The van der Waals surface area contributed by atoms with Crippen LogP contribution in [-0.4, -0.2) is 13.0 Å². The molecule has 3 nitrogen and oxygen atoms in total. The van der Waals surface area contributed by atoms with Crippen molar-refractivity contribution in [3.05, 3.63) is 70.2 Å². The molecule has 21 heavy (non-hydrogen) atoms. The molecule has 0 saturated carbocycles. The summed E-state index contributed by atoms with van der Waals surface area (Å²) in [6, 6.07) is 15.2. The SMILES string of the molecule is COCc1ccccc1CNC(=O)Cc1ccc(Cl)cc1. The standard InChI is InChI=1S/C17H18ClNO2/c1-21-12-15-5-3-2-4-14(15)11-19-17(20)10-13-6-8-16(18)9-7-13/h2-9H,10-12H2,1H3,(H,19,20). The molecule has 2 rings (SSSR count). The van der Waals surface area contributed by atoms with E-state index in [1.165, 1.54) is 0 Å². The number of carbonyl (C=O) groups is 1. The first-order chi connectivity index (χ1) is 10.2. The van der Waals surface area contributed by atoms with Gasteiger partial charge in [-0.05, 0) is 28.8 Å². The highest BCUT2D eigenvalue weighted by molar-refractivity contribution is 6.30. The summed E-state index contributed by atoms with van der Waals surface area (Å²) < 4.78 is 5.16. The number of rotatable bonds is 6. The predicted molar refractivity (Wildman–Crippen MR) is 84.2 cm³/mol. The molecule has 4 heteroatoms. The second-order valence-electron chi connectivity index (χ2n) is 4.78. The number of hydrogen-bond acceptors (Lipinski definition) is 2. The highest BCUT2D eigenvalue weighted by Crippen LogP contribution is 2.11. The maximum atomic E-state index is 12.0. The van der Waals surface area contributed by atoms with Crippen LogP contribution in [0.4, 0.5) is 0 Å². The summed E-state index contributed by atoms with van der Waals surface area (Å²) in [4.78, 5) is 12.0. The molecule has 0 atom stereocenters. The van der Waals surface area contributed by atoms with Gasteiger partial charge in [0.1, 0.15) is 0 Å². The fourth-order valence-corrected chi connectivity index (χ4v) is 2.20. The van der Waals surface area contributed by atoms with Gasteiger partial charge in [0.2, 0.25) is 5.91 Å². The molecule has 0 radical (unpaired) electrons. The third-order valence-corrected chi connectivity index (χ3v) is 3.42. The molecular formula is C17H18ClNO2. The smallest absolute Gasteiger partial charge is 0.224 e. The molecule has 0 saturated heterocycles. The molecule has 2 aromatic carbocycles. The van der Waals surface area contributed by atoms with E-state index in [0.29, 0.717) is 24.6 Å². The van der Waals surface area contributed by atoms with Crippen LogP contribution in [0.1, 0.15) is 16.7 Å². The van der Waals surface area contributed by atoms with Crippen molar-refractivity contribution in [3.8, 4) is 0 Å². The van der Waals surface area contributed by atoms with E-state index >= 15 is 0 Å². The highest BCUT2D eigenvalue weighted by Gasteiger charge is 2.06. The number of methoxy groups -OCH3 is 1. The van der Waals surface area contributed by atoms with Gasteiger partial charge in [0.05, 0.1) is 13.0 Å². The molecule has 1 amide bonds. The van der Waals surface area contributed by atoms with E-state index in [1.807, 2.05) is 36.4 Å². The Balaban J connectivity index is 1.90. The van der Waals surface area contributed by atoms with Crippen LogP contribution in [0.2, 0.25) is 5.02 Å². The minimum atomic E-state index is -0.00968. The number of amides is 1. The van der Waals surface area contributed by atoms with Crippen molar-refractivity contribution in [2.45, 2.75) is 19.6 Å². The summed E-state index contributed by atoms with van der Waals surface area (Å²) in [6.45, 7) is 1.05. The third-order valence-electron chi connectivity index (χ3n) is 3.17. The summed E-state index contributed by atoms with van der Waals surface area (Å²) in [5.74, 6) is -0.00968. The molecule has 2 aromatic rings. The van der Waals surface area contributed by atoms with Crippen molar-refractivity contribution >= 4 is 17.5 Å². The Morgan fingerprint density at radius 2 is 1.76 bits per heavy atom. The van der Waals surface area contributed by atoms with Crippen LogP contribution in [-0.2, 0) is 29.1 Å². The van der Waals surface area contributed by atoms with Gasteiger partial charge in [-0.3, -0.25) is 4.79 Å². The van der Waals surface area contributed by atoms with Crippen molar-refractivity contribution in [1.82, 2.24) is 5.32 Å². The number of halogens is 1. The van der Waals surface area contributed by atoms with Crippen LogP contribution >= 0.6 is 11.6 Å². The molecule has 1 N–H and O–H groups in total. The Labute approximate surface area is 129 Å². The van der Waals surface area contributed by atoms with Crippen molar-refractivity contribution in [2.75, 3.05) is 7.11 Å². The van der Waals surface area contributed by atoms with E-state index in [0.717, 1.165) is 16.7 Å². The van der Waals surface area contributed by atoms with Crippen molar-refractivity contribution in [3.63, 3.8) is 0 Å². The summed E-state index contributed by atoms with van der Waals surface area (Å²) in [6.07, 6.45) is 0.351.